The van der Waals surface area contributed by atoms with Gasteiger partial charge in [-0.05, 0) is 49.9 Å². The van der Waals surface area contributed by atoms with Gasteiger partial charge < -0.3 is 0 Å². The number of pyridine rings is 1. The van der Waals surface area contributed by atoms with Gasteiger partial charge >= 0.3 is 0 Å². The maximum atomic E-state index is 5.34. The van der Waals surface area contributed by atoms with Gasteiger partial charge in [0.25, 0.3) is 0 Å². The molecule has 1 heterocycles. The predicted molar refractivity (Wildman–Crippen MR) is 223 cm³/mol. The van der Waals surface area contributed by atoms with E-state index in [-0.39, 0.29) is 17.5 Å². The predicted octanol–water partition coefficient (Wildman–Crippen LogP) is 11.0. The van der Waals surface area contributed by atoms with E-state index in [9.17, 15) is 0 Å². The Kier molecular flexibility index (Phi) is 8.15. The first-order valence-corrected chi connectivity index (χ1v) is 18.2. The van der Waals surface area contributed by atoms with Crippen LogP contribution in [0.2, 0.25) is 0 Å². The first kappa shape index (κ1) is 32.7. The van der Waals surface area contributed by atoms with Crippen LogP contribution in [0.4, 0.5) is 0 Å². The smallest absolute Gasteiger partial charge is 0.241 e. The lowest BCUT2D eigenvalue weighted by Crippen LogP contribution is -2.52. The zero-order chi connectivity index (χ0) is 35.3. The van der Waals surface area contributed by atoms with Crippen LogP contribution < -0.4 is 16.4 Å². The van der Waals surface area contributed by atoms with Crippen molar-refractivity contribution < 1.29 is 0 Å². The van der Waals surface area contributed by atoms with Crippen LogP contribution in [0, 0.1) is 0 Å². The first-order valence-electron chi connectivity index (χ1n) is 18.2. The van der Waals surface area contributed by atoms with Gasteiger partial charge in [0.15, 0.2) is 0 Å². The summed E-state index contributed by atoms with van der Waals surface area (Å²) in [5.74, 6) is 0. The van der Waals surface area contributed by atoms with Crippen LogP contribution in [0.15, 0.2) is 158 Å². The van der Waals surface area contributed by atoms with Gasteiger partial charge in [-0.25, -0.2) is 4.98 Å². The summed E-state index contributed by atoms with van der Waals surface area (Å²) >= 11 is 0. The number of hydrogen-bond acceptors (Lipinski definition) is 1. The molecule has 1 aromatic heterocycles. The SMILES string of the molecule is CC(C)(C)c1ccc(B(c2ccc(-c3ccc4c(c3)nc(-c3ccccc3)c3ccc5ccccc5c34)cc2)c2ccc(C(C)(C)C)cc2)cc1. The molecule has 0 aliphatic rings. The summed E-state index contributed by atoms with van der Waals surface area (Å²) in [5.41, 5.74) is 12.3. The maximum Gasteiger partial charge on any atom is 0.241 e. The molecule has 248 valence electrons. The zero-order valence-corrected chi connectivity index (χ0v) is 30.5. The molecule has 8 aromatic rings. The number of nitrogens with zero attached hydrogens (tertiary/aromatic N) is 1. The molecule has 0 spiro atoms. The molecule has 0 aliphatic carbocycles. The summed E-state index contributed by atoms with van der Waals surface area (Å²) < 4.78 is 0. The Morgan fingerprint density at radius 3 is 1.51 bits per heavy atom. The van der Waals surface area contributed by atoms with Crippen molar-refractivity contribution in [3.63, 3.8) is 0 Å². The standard InChI is InChI=1S/C49H44BN/c1-48(2,3)37-20-26-40(27-21-37)50(41-28-22-38(23-29-41)49(4,5)6)39-24-16-33(17-25-39)36-19-30-43-45(32-36)51-47(35-13-8-7-9-14-35)44-31-18-34-12-10-11-15-42(34)46(43)44/h7-32H,1-6H3. The minimum atomic E-state index is 0.111. The van der Waals surface area contributed by atoms with E-state index >= 15 is 0 Å². The molecule has 0 saturated heterocycles. The normalized spacial score (nSPS) is 12.1. The van der Waals surface area contributed by atoms with Crippen LogP contribution in [0.5, 0.6) is 0 Å². The number of hydrogen-bond donors (Lipinski definition) is 0. The van der Waals surface area contributed by atoms with Crippen LogP contribution in [-0.2, 0) is 10.8 Å². The monoisotopic (exact) mass is 657 g/mol. The van der Waals surface area contributed by atoms with E-state index in [4.69, 9.17) is 4.98 Å². The lowest BCUT2D eigenvalue weighted by atomic mass is 9.36. The summed E-state index contributed by atoms with van der Waals surface area (Å²) in [5, 5.41) is 6.12. The van der Waals surface area contributed by atoms with E-state index in [0.717, 1.165) is 16.8 Å². The van der Waals surface area contributed by atoms with Gasteiger partial charge in [0, 0.05) is 21.7 Å². The van der Waals surface area contributed by atoms with Crippen molar-refractivity contribution in [1.82, 2.24) is 4.98 Å². The Labute approximate surface area is 303 Å². The first-order chi connectivity index (χ1) is 24.5. The average molecular weight is 658 g/mol. The van der Waals surface area contributed by atoms with Crippen molar-refractivity contribution in [1.29, 1.82) is 0 Å². The molecule has 0 aliphatic heterocycles. The van der Waals surface area contributed by atoms with Crippen molar-refractivity contribution in [3.8, 4) is 22.4 Å². The van der Waals surface area contributed by atoms with Gasteiger partial charge in [-0.3, -0.25) is 0 Å². The summed E-state index contributed by atoms with van der Waals surface area (Å²) in [6.45, 7) is 13.8. The number of aromatic nitrogens is 1. The zero-order valence-electron chi connectivity index (χ0n) is 30.5. The highest BCUT2D eigenvalue weighted by molar-refractivity contribution is 6.95. The molecule has 0 radical (unpaired) electrons. The maximum absolute atomic E-state index is 5.34. The molecule has 0 atom stereocenters. The fourth-order valence-corrected chi connectivity index (χ4v) is 7.57. The molecule has 0 bridgehead atoms. The number of benzene rings is 7. The Morgan fingerprint density at radius 2 is 0.922 bits per heavy atom. The number of fused-ring (bicyclic) bond motifs is 5. The highest BCUT2D eigenvalue weighted by Crippen LogP contribution is 2.38. The second-order valence-electron chi connectivity index (χ2n) is 16.1. The summed E-state index contributed by atoms with van der Waals surface area (Å²) in [6, 6.07) is 58.2. The molecule has 8 rings (SSSR count). The van der Waals surface area contributed by atoms with Crippen LogP contribution in [-0.4, -0.2) is 11.7 Å². The van der Waals surface area contributed by atoms with E-state index in [1.165, 1.54) is 65.6 Å². The van der Waals surface area contributed by atoms with Crippen LogP contribution in [0.25, 0.3) is 54.8 Å². The van der Waals surface area contributed by atoms with Gasteiger partial charge in [-0.2, -0.15) is 0 Å². The van der Waals surface area contributed by atoms with Crippen molar-refractivity contribution in [2.24, 2.45) is 0 Å². The molecule has 0 saturated carbocycles. The molecule has 0 amide bonds. The van der Waals surface area contributed by atoms with E-state index < -0.39 is 0 Å². The highest BCUT2D eigenvalue weighted by Gasteiger charge is 2.24. The van der Waals surface area contributed by atoms with Crippen LogP contribution >= 0.6 is 0 Å². The van der Waals surface area contributed by atoms with Crippen molar-refractivity contribution in [2.45, 2.75) is 52.4 Å². The lowest BCUT2D eigenvalue weighted by molar-refractivity contribution is 0.590. The molecule has 2 heteroatoms. The molecule has 51 heavy (non-hydrogen) atoms. The van der Waals surface area contributed by atoms with Crippen molar-refractivity contribution >= 4 is 55.5 Å². The number of rotatable bonds is 5. The molecular weight excluding hydrogens is 613 g/mol. The minimum absolute atomic E-state index is 0.111. The van der Waals surface area contributed by atoms with Crippen LogP contribution in [0.3, 0.4) is 0 Å². The van der Waals surface area contributed by atoms with Gasteiger partial charge in [0.2, 0.25) is 6.71 Å². The van der Waals surface area contributed by atoms with E-state index in [0.29, 0.717) is 0 Å². The quantitative estimate of drug-likeness (QED) is 0.133. The van der Waals surface area contributed by atoms with Gasteiger partial charge in [0.05, 0.1) is 11.2 Å². The highest BCUT2D eigenvalue weighted by atomic mass is 14.7. The van der Waals surface area contributed by atoms with E-state index in [2.05, 4.69) is 199 Å². The third kappa shape index (κ3) is 6.25. The van der Waals surface area contributed by atoms with Crippen molar-refractivity contribution in [2.75, 3.05) is 0 Å². The Bertz CT molecular complexity index is 2440. The third-order valence-electron chi connectivity index (χ3n) is 10.5. The summed E-state index contributed by atoms with van der Waals surface area (Å²) in [6.07, 6.45) is 0. The Morgan fingerprint density at radius 1 is 0.412 bits per heavy atom. The fraction of sp³-hybridized carbons (Fsp3) is 0.163. The molecule has 0 fully saturated rings. The van der Waals surface area contributed by atoms with Gasteiger partial charge in [-0.15, -0.1) is 0 Å². The molecular formula is C49H44BN. The van der Waals surface area contributed by atoms with Gasteiger partial charge in [0.1, 0.15) is 0 Å². The second-order valence-corrected chi connectivity index (χ2v) is 16.1. The van der Waals surface area contributed by atoms with Crippen molar-refractivity contribution in [3.05, 3.63) is 169 Å². The lowest BCUT2D eigenvalue weighted by Gasteiger charge is -2.23. The van der Waals surface area contributed by atoms with Gasteiger partial charge in [-0.1, -0.05) is 210 Å². The topological polar surface area (TPSA) is 12.9 Å². The fourth-order valence-electron chi connectivity index (χ4n) is 7.57. The van der Waals surface area contributed by atoms with E-state index in [1.54, 1.807) is 0 Å². The Hall–Kier alpha value is -5.47. The van der Waals surface area contributed by atoms with Crippen LogP contribution in [0.1, 0.15) is 52.7 Å². The summed E-state index contributed by atoms with van der Waals surface area (Å²) in [4.78, 5) is 5.34. The molecule has 7 aromatic carbocycles. The third-order valence-corrected chi connectivity index (χ3v) is 10.5. The largest absolute Gasteiger partial charge is 0.247 e. The summed E-state index contributed by atoms with van der Waals surface area (Å²) in [7, 11) is 0. The molecule has 1 nitrogen and oxygen atoms in total. The van der Waals surface area contributed by atoms with E-state index in [1.807, 2.05) is 0 Å². The average Bonchev–Trinajstić information content (AvgIpc) is 3.14. The molecule has 0 N–H and O–H groups in total. The molecule has 0 unspecified atom stereocenters. The minimum Gasteiger partial charge on any atom is -0.247 e. The second kappa shape index (κ2) is 12.7. The Balaban J connectivity index is 1.23.